The molecule has 3 N–H and O–H groups in total. The largest absolute Gasteiger partial charge is 0.451 e. The maximum absolute atomic E-state index is 15.7. The average Bonchev–Trinajstić information content (AvgIpc) is 0.826. The molecule has 1 aliphatic heterocycles. The smallest absolute Gasteiger partial charge is 0.324 e. The number of hydrogen-bond acceptors (Lipinski definition) is 15. The quantitative estimate of drug-likeness (QED) is 0.126. The molecule has 532 valence electrons. The van der Waals surface area contributed by atoms with Gasteiger partial charge in [-0.15, -0.1) is 0 Å². The summed E-state index contributed by atoms with van der Waals surface area (Å²) in [5.74, 6) is -9.64. The molecule has 13 atom stereocenters. The highest BCUT2D eigenvalue weighted by molar-refractivity contribution is 5.99. The Labute approximate surface area is 564 Å². The van der Waals surface area contributed by atoms with Crippen LogP contribution in [0.25, 0.3) is 11.1 Å². The van der Waals surface area contributed by atoms with Crippen molar-refractivity contribution in [1.29, 1.82) is 0 Å². The lowest BCUT2D eigenvalue weighted by molar-refractivity contribution is -0.170. The fourth-order valence-corrected chi connectivity index (χ4v) is 12.1. The Morgan fingerprint density at radius 3 is 1.63 bits per heavy atom. The van der Waals surface area contributed by atoms with Crippen LogP contribution in [0.4, 0.5) is 0 Å². The predicted octanol–water partition coefficient (Wildman–Crippen LogP) is 3.80. The van der Waals surface area contributed by atoms with E-state index in [0.717, 1.165) is 30.7 Å². The van der Waals surface area contributed by atoms with E-state index in [1.54, 1.807) is 39.8 Å². The van der Waals surface area contributed by atoms with Crippen LogP contribution in [0.3, 0.4) is 0 Å². The van der Waals surface area contributed by atoms with Crippen molar-refractivity contribution in [2.45, 2.75) is 188 Å². The van der Waals surface area contributed by atoms with Crippen molar-refractivity contribution in [3.8, 4) is 11.1 Å². The van der Waals surface area contributed by atoms with Crippen molar-refractivity contribution in [3.63, 3.8) is 0 Å². The number of nitrogens with zero attached hydrogens (tertiary/aromatic N) is 8. The van der Waals surface area contributed by atoms with Gasteiger partial charge in [0.15, 0.2) is 6.10 Å². The van der Waals surface area contributed by atoms with E-state index in [-0.39, 0.29) is 43.6 Å². The number of amides is 10. The molecule has 1 fully saturated rings. The molecular formula is C70H113N11O14. The first-order valence-electron chi connectivity index (χ1n) is 33.1. The summed E-state index contributed by atoms with van der Waals surface area (Å²) in [6, 6.07) is 2.96. The van der Waals surface area contributed by atoms with Crippen LogP contribution in [0.1, 0.15) is 115 Å². The zero-order chi connectivity index (χ0) is 72.4. The molecule has 0 bridgehead atoms. The van der Waals surface area contributed by atoms with Crippen molar-refractivity contribution in [1.82, 2.24) is 55.1 Å². The Bertz CT molecular complexity index is 2920. The fraction of sp³-hybridized carbons (Fsp3) is 0.671. The van der Waals surface area contributed by atoms with Crippen LogP contribution in [0, 0.1) is 29.6 Å². The number of methoxy groups -OCH3 is 2. The number of carbonyl (C=O) groups is 11. The summed E-state index contributed by atoms with van der Waals surface area (Å²) in [5.41, 5.74) is 2.52. The highest BCUT2D eigenvalue weighted by Gasteiger charge is 2.47. The number of likely N-dealkylation sites (N-methyl/N-ethyl adjacent to an activating group) is 8. The lowest BCUT2D eigenvalue weighted by Crippen LogP contribution is -2.66. The summed E-state index contributed by atoms with van der Waals surface area (Å²) in [6.45, 7) is 21.8. The number of esters is 1. The zero-order valence-electron chi connectivity index (χ0n) is 61.0. The van der Waals surface area contributed by atoms with E-state index in [2.05, 4.69) is 16.0 Å². The Kier molecular flexibility index (Phi) is 31.9. The van der Waals surface area contributed by atoms with Crippen LogP contribution in [-0.4, -0.2) is 268 Å². The molecule has 25 heteroatoms. The van der Waals surface area contributed by atoms with Crippen molar-refractivity contribution < 1.29 is 67.0 Å². The predicted molar refractivity (Wildman–Crippen MR) is 363 cm³/mol. The number of carbonyl (C=O) groups excluding carboxylic acids is 11. The van der Waals surface area contributed by atoms with Crippen molar-refractivity contribution in [2.75, 3.05) is 90.9 Å². The van der Waals surface area contributed by atoms with Crippen LogP contribution in [0.5, 0.6) is 0 Å². The fourth-order valence-electron chi connectivity index (χ4n) is 12.1. The SMILES string of the molecule is CC[C@H](C)[C@H]1C(=O)N[C@@H](C)C(=O)N(C)[C@@H](CC(C)C)C(=O)N[C@@H](Cc2ccc(-c3ccccc3)cc2)C(=O)N(C)[C@H](C)C(=O)N[C@H](C)[C@H](N(C)C(=O)[C@H](CC(C)C)N(C)C(=O)[C@H](COC)N(C)C(=O)[C@H](OC(=O)[C@H](C(C)C)N(C)C)C(C)C)C(=O)N(C)[C@@H](COC)C(=O)N1C. The van der Waals surface area contributed by atoms with Gasteiger partial charge in [0.2, 0.25) is 53.2 Å². The third kappa shape index (κ3) is 21.2. The minimum absolute atomic E-state index is 0.0137. The highest BCUT2D eigenvalue weighted by atomic mass is 16.6. The van der Waals surface area contributed by atoms with Crippen LogP contribution < -0.4 is 16.0 Å². The van der Waals surface area contributed by atoms with E-state index < -0.39 is 156 Å². The Hall–Kier alpha value is -7.51. The molecule has 2 aromatic rings. The van der Waals surface area contributed by atoms with Gasteiger partial charge in [-0.1, -0.05) is 130 Å². The van der Waals surface area contributed by atoms with Crippen LogP contribution in [0.15, 0.2) is 54.6 Å². The van der Waals surface area contributed by atoms with E-state index in [4.69, 9.17) is 14.2 Å². The zero-order valence-corrected chi connectivity index (χ0v) is 61.0. The number of rotatable bonds is 24. The van der Waals surface area contributed by atoms with Gasteiger partial charge >= 0.3 is 5.97 Å². The van der Waals surface area contributed by atoms with Gasteiger partial charge in [-0.2, -0.15) is 0 Å². The Morgan fingerprint density at radius 1 is 0.568 bits per heavy atom. The minimum Gasteiger partial charge on any atom is -0.451 e. The molecule has 10 amide bonds. The molecular weight excluding hydrogens is 1220 g/mol. The molecule has 0 unspecified atom stereocenters. The highest BCUT2D eigenvalue weighted by Crippen LogP contribution is 2.26. The van der Waals surface area contributed by atoms with Gasteiger partial charge in [0.25, 0.3) is 5.91 Å². The van der Waals surface area contributed by atoms with Gasteiger partial charge in [0.1, 0.15) is 60.4 Å². The lowest BCUT2D eigenvalue weighted by Gasteiger charge is -2.42. The van der Waals surface area contributed by atoms with E-state index in [1.807, 2.05) is 103 Å². The first-order valence-corrected chi connectivity index (χ1v) is 33.1. The van der Waals surface area contributed by atoms with E-state index in [9.17, 15) is 28.8 Å². The third-order valence-corrected chi connectivity index (χ3v) is 18.2. The van der Waals surface area contributed by atoms with E-state index >= 15 is 24.0 Å². The maximum atomic E-state index is 15.7. The standard InChI is InChI=1S/C70H113N11O14/c1-25-44(10)57-62(84)72-46(12)63(85)76(17)52(35-40(2)3)61(83)73-51(37-48-31-33-50(34-32-48)49-29-27-26-28-30-49)64(86)75(16)47(13)60(82)71-45(11)58(68(90)78(19)55(39-94-24)67(89)80(57)21)81(22)65(87)53(36-41(4)5)77(18)66(88)54(38-93-23)79(20)69(91)59(43(8)9)95-70(92)56(42(6)7)74(14)15/h26-34,40-47,51-59H,25,35-39H2,1-24H3,(H,71,82)(H,72,84)(H,73,83)/t44-,45+,46-,47+,51-,52-,53-,54-,55-,56-,57-,58-,59+/m0/s1. The number of benzene rings is 2. The Balaban J connectivity index is 2.34. The number of nitrogens with one attached hydrogen (secondary N) is 3. The van der Waals surface area contributed by atoms with Gasteiger partial charge in [-0.3, -0.25) is 57.6 Å². The Morgan fingerprint density at radius 2 is 1.13 bits per heavy atom. The molecule has 2 aromatic carbocycles. The first-order chi connectivity index (χ1) is 44.3. The molecule has 1 saturated heterocycles. The molecule has 0 aliphatic carbocycles. The van der Waals surface area contributed by atoms with Crippen LogP contribution in [0.2, 0.25) is 0 Å². The number of ether oxygens (including phenoxy) is 3. The molecule has 95 heavy (non-hydrogen) atoms. The molecule has 0 radical (unpaired) electrons. The molecule has 25 nitrogen and oxygen atoms in total. The first kappa shape index (κ1) is 81.7. The monoisotopic (exact) mass is 1330 g/mol. The summed E-state index contributed by atoms with van der Waals surface area (Å²) in [6.07, 6.45) is -0.820. The second-order valence-electron chi connectivity index (χ2n) is 27.4. The maximum Gasteiger partial charge on any atom is 0.324 e. The molecule has 0 aromatic heterocycles. The normalized spacial score (nSPS) is 22.8. The summed E-state index contributed by atoms with van der Waals surface area (Å²) < 4.78 is 17.1. The van der Waals surface area contributed by atoms with Crippen LogP contribution >= 0.6 is 0 Å². The molecule has 0 saturated carbocycles. The second kappa shape index (κ2) is 37.1. The summed E-state index contributed by atoms with van der Waals surface area (Å²) in [4.78, 5) is 174. The molecule has 0 spiro atoms. The van der Waals surface area contributed by atoms with Crippen molar-refractivity contribution in [2.24, 2.45) is 29.6 Å². The second-order valence-corrected chi connectivity index (χ2v) is 27.4. The lowest BCUT2D eigenvalue weighted by atomic mass is 9.95. The van der Waals surface area contributed by atoms with Crippen LogP contribution in [-0.2, 0) is 73.4 Å². The van der Waals surface area contributed by atoms with E-state index in [1.165, 1.54) is 99.0 Å². The number of hydrogen-bond donors (Lipinski definition) is 3. The summed E-state index contributed by atoms with van der Waals surface area (Å²) in [7, 11) is 15.8. The minimum atomic E-state index is -1.68. The molecule has 1 aliphatic rings. The molecule has 3 rings (SSSR count). The van der Waals surface area contributed by atoms with Gasteiger partial charge in [-0.25, -0.2) is 0 Å². The topological polar surface area (TPSA) is 277 Å². The van der Waals surface area contributed by atoms with E-state index in [0.29, 0.717) is 12.0 Å². The average molecular weight is 1330 g/mol. The van der Waals surface area contributed by atoms with Crippen molar-refractivity contribution in [3.05, 3.63) is 60.2 Å². The summed E-state index contributed by atoms with van der Waals surface area (Å²) in [5, 5.41) is 8.60. The van der Waals surface area contributed by atoms with Crippen molar-refractivity contribution >= 4 is 65.0 Å². The molecule has 1 heterocycles. The van der Waals surface area contributed by atoms with Gasteiger partial charge in [-0.05, 0) is 94.0 Å². The van der Waals surface area contributed by atoms with Gasteiger partial charge in [0.05, 0.1) is 19.3 Å². The van der Waals surface area contributed by atoms with Gasteiger partial charge < -0.3 is 64.5 Å². The third-order valence-electron chi connectivity index (χ3n) is 18.2. The van der Waals surface area contributed by atoms with Gasteiger partial charge in [0, 0.05) is 70.0 Å². The summed E-state index contributed by atoms with van der Waals surface area (Å²) >= 11 is 0.